The minimum atomic E-state index is -4.15. The number of alkyl halides is 4. The quantitative estimate of drug-likeness (QED) is 0.576. The summed E-state index contributed by atoms with van der Waals surface area (Å²) in [5.74, 6) is 1.28. The zero-order chi connectivity index (χ0) is 13.6. The first-order chi connectivity index (χ1) is 8.46. The van der Waals surface area contributed by atoms with Crippen LogP contribution < -0.4 is 9.47 Å². The van der Waals surface area contributed by atoms with Crippen molar-refractivity contribution < 1.29 is 22.6 Å². The Balaban J connectivity index is 2.54. The predicted molar refractivity (Wildman–Crippen MR) is 63.3 cm³/mol. The van der Waals surface area contributed by atoms with Gasteiger partial charge in [0.2, 0.25) is 0 Å². The van der Waals surface area contributed by atoms with Gasteiger partial charge in [-0.2, -0.15) is 13.2 Å². The molecule has 0 saturated heterocycles. The lowest BCUT2D eigenvalue weighted by Gasteiger charge is -2.12. The number of hydrogen-bond donors (Lipinski definition) is 0. The van der Waals surface area contributed by atoms with Crippen molar-refractivity contribution in [1.29, 1.82) is 0 Å². The molecule has 0 atom stereocenters. The van der Waals surface area contributed by atoms with E-state index in [1.165, 1.54) is 7.11 Å². The number of rotatable bonds is 6. The van der Waals surface area contributed by atoms with E-state index in [4.69, 9.17) is 21.1 Å². The standard InChI is InChI=1S/C12H14ClF3O2/c1-17-10-4-3-9(8-13)11(7-10)18-6-2-5-12(14,15)16/h3-4,7H,2,5-6,8H2,1H3. The summed E-state index contributed by atoms with van der Waals surface area (Å²) in [7, 11) is 1.50. The molecule has 0 unspecified atom stereocenters. The van der Waals surface area contributed by atoms with E-state index in [1.807, 2.05) is 0 Å². The van der Waals surface area contributed by atoms with E-state index in [0.717, 1.165) is 5.56 Å². The van der Waals surface area contributed by atoms with Crippen molar-refractivity contribution >= 4 is 11.6 Å². The van der Waals surface area contributed by atoms with Crippen molar-refractivity contribution in [2.45, 2.75) is 24.9 Å². The van der Waals surface area contributed by atoms with Gasteiger partial charge in [0.1, 0.15) is 11.5 Å². The molecule has 0 aromatic heterocycles. The molecule has 2 nitrogen and oxygen atoms in total. The van der Waals surface area contributed by atoms with Gasteiger partial charge in [0.25, 0.3) is 0 Å². The summed E-state index contributed by atoms with van der Waals surface area (Å²) >= 11 is 5.71. The summed E-state index contributed by atoms with van der Waals surface area (Å²) in [5, 5.41) is 0. The maximum Gasteiger partial charge on any atom is 0.389 e. The molecular formula is C12H14ClF3O2. The van der Waals surface area contributed by atoms with E-state index >= 15 is 0 Å². The van der Waals surface area contributed by atoms with Gasteiger partial charge in [-0.1, -0.05) is 6.07 Å². The van der Waals surface area contributed by atoms with Gasteiger partial charge in [-0.25, -0.2) is 0 Å². The van der Waals surface area contributed by atoms with Crippen LogP contribution in [0.15, 0.2) is 18.2 Å². The molecule has 18 heavy (non-hydrogen) atoms. The number of hydrogen-bond acceptors (Lipinski definition) is 2. The fraction of sp³-hybridized carbons (Fsp3) is 0.500. The maximum atomic E-state index is 11.9. The monoisotopic (exact) mass is 282 g/mol. The van der Waals surface area contributed by atoms with Crippen LogP contribution in [0.25, 0.3) is 0 Å². The third kappa shape index (κ3) is 5.04. The molecule has 0 saturated carbocycles. The van der Waals surface area contributed by atoms with Gasteiger partial charge < -0.3 is 9.47 Å². The van der Waals surface area contributed by atoms with Gasteiger partial charge in [0.15, 0.2) is 0 Å². The number of ether oxygens (including phenoxy) is 2. The minimum Gasteiger partial charge on any atom is -0.497 e. The Morgan fingerprint density at radius 2 is 2.00 bits per heavy atom. The van der Waals surface area contributed by atoms with E-state index in [-0.39, 0.29) is 18.9 Å². The summed E-state index contributed by atoms with van der Waals surface area (Å²) in [4.78, 5) is 0. The average molecular weight is 283 g/mol. The van der Waals surface area contributed by atoms with E-state index < -0.39 is 12.6 Å². The summed E-state index contributed by atoms with van der Waals surface area (Å²) in [6, 6.07) is 5.07. The second-order valence-electron chi connectivity index (χ2n) is 3.67. The topological polar surface area (TPSA) is 18.5 Å². The van der Waals surface area contributed by atoms with Crippen LogP contribution in [0.3, 0.4) is 0 Å². The first-order valence-corrected chi connectivity index (χ1v) is 5.92. The van der Waals surface area contributed by atoms with Gasteiger partial charge in [-0.05, 0) is 12.5 Å². The van der Waals surface area contributed by atoms with Gasteiger partial charge in [-0.15, -0.1) is 11.6 Å². The summed E-state index contributed by atoms with van der Waals surface area (Å²) < 4.78 is 46.2. The fourth-order valence-electron chi connectivity index (χ4n) is 1.36. The lowest BCUT2D eigenvalue weighted by atomic mass is 10.2. The lowest BCUT2D eigenvalue weighted by molar-refractivity contribution is -0.136. The average Bonchev–Trinajstić information content (AvgIpc) is 2.33. The third-order valence-electron chi connectivity index (χ3n) is 2.28. The van der Waals surface area contributed by atoms with Crippen LogP contribution >= 0.6 is 11.6 Å². The molecule has 0 bridgehead atoms. The highest BCUT2D eigenvalue weighted by molar-refractivity contribution is 6.17. The molecule has 6 heteroatoms. The highest BCUT2D eigenvalue weighted by atomic mass is 35.5. The molecule has 0 spiro atoms. The van der Waals surface area contributed by atoms with E-state index in [0.29, 0.717) is 11.5 Å². The van der Waals surface area contributed by atoms with Crippen LogP contribution in [0, 0.1) is 0 Å². The fourth-order valence-corrected chi connectivity index (χ4v) is 1.58. The third-order valence-corrected chi connectivity index (χ3v) is 2.57. The molecule has 0 N–H and O–H groups in total. The zero-order valence-electron chi connectivity index (χ0n) is 9.89. The molecule has 0 aliphatic heterocycles. The van der Waals surface area contributed by atoms with Crippen molar-refractivity contribution in [2.75, 3.05) is 13.7 Å². The van der Waals surface area contributed by atoms with Crippen molar-refractivity contribution in [3.63, 3.8) is 0 Å². The Morgan fingerprint density at radius 1 is 1.28 bits per heavy atom. The van der Waals surface area contributed by atoms with Crippen LogP contribution in [-0.2, 0) is 5.88 Å². The van der Waals surface area contributed by atoms with E-state index in [9.17, 15) is 13.2 Å². The molecule has 1 aromatic rings. The van der Waals surface area contributed by atoms with Crippen LogP contribution in [0.5, 0.6) is 11.5 Å². The van der Waals surface area contributed by atoms with E-state index in [2.05, 4.69) is 0 Å². The van der Waals surface area contributed by atoms with Gasteiger partial charge in [0, 0.05) is 18.1 Å². The van der Waals surface area contributed by atoms with Crippen LogP contribution in [0.2, 0.25) is 0 Å². The number of methoxy groups -OCH3 is 1. The second-order valence-corrected chi connectivity index (χ2v) is 3.94. The molecule has 102 valence electrons. The highest BCUT2D eigenvalue weighted by Crippen LogP contribution is 2.27. The van der Waals surface area contributed by atoms with Gasteiger partial charge in [0.05, 0.1) is 19.6 Å². The minimum absolute atomic E-state index is 0.00341. The highest BCUT2D eigenvalue weighted by Gasteiger charge is 2.26. The summed E-state index contributed by atoms with van der Waals surface area (Å²) in [5.41, 5.74) is 0.726. The molecule has 0 amide bonds. The van der Waals surface area contributed by atoms with Crippen molar-refractivity contribution in [3.05, 3.63) is 23.8 Å². The smallest absolute Gasteiger partial charge is 0.389 e. The maximum absolute atomic E-state index is 11.9. The Hall–Kier alpha value is -1.10. The summed E-state index contributed by atoms with van der Waals surface area (Å²) in [6.45, 7) is -0.00341. The summed E-state index contributed by atoms with van der Waals surface area (Å²) in [6.07, 6.45) is -5.08. The molecule has 0 radical (unpaired) electrons. The molecule has 0 fully saturated rings. The lowest BCUT2D eigenvalue weighted by Crippen LogP contribution is -2.10. The molecule has 1 aromatic carbocycles. The Kier molecular flexibility index (Phi) is 5.59. The van der Waals surface area contributed by atoms with Crippen molar-refractivity contribution in [2.24, 2.45) is 0 Å². The Bertz CT molecular complexity index is 380. The Morgan fingerprint density at radius 3 is 2.56 bits per heavy atom. The molecular weight excluding hydrogens is 269 g/mol. The molecule has 0 aliphatic rings. The van der Waals surface area contributed by atoms with E-state index in [1.54, 1.807) is 18.2 Å². The van der Waals surface area contributed by atoms with Crippen molar-refractivity contribution in [1.82, 2.24) is 0 Å². The predicted octanol–water partition coefficient (Wildman–Crippen LogP) is 4.16. The number of benzene rings is 1. The first kappa shape index (κ1) is 15.0. The number of halogens is 4. The van der Waals surface area contributed by atoms with Crippen LogP contribution in [0.1, 0.15) is 18.4 Å². The molecule has 1 rings (SSSR count). The molecule has 0 aliphatic carbocycles. The Labute approximate surface area is 109 Å². The van der Waals surface area contributed by atoms with Crippen LogP contribution in [-0.4, -0.2) is 19.9 Å². The van der Waals surface area contributed by atoms with Gasteiger partial charge in [-0.3, -0.25) is 0 Å². The SMILES string of the molecule is COc1ccc(CCl)c(OCCCC(F)(F)F)c1. The largest absolute Gasteiger partial charge is 0.497 e. The van der Waals surface area contributed by atoms with Crippen molar-refractivity contribution in [3.8, 4) is 11.5 Å². The second kappa shape index (κ2) is 6.73. The normalized spacial score (nSPS) is 11.4. The van der Waals surface area contributed by atoms with Gasteiger partial charge >= 0.3 is 6.18 Å². The van der Waals surface area contributed by atoms with Crippen LogP contribution in [0.4, 0.5) is 13.2 Å². The molecule has 0 heterocycles. The first-order valence-electron chi connectivity index (χ1n) is 5.38. The zero-order valence-corrected chi connectivity index (χ0v) is 10.6.